The third kappa shape index (κ3) is 2.05. The van der Waals surface area contributed by atoms with Crippen molar-refractivity contribution in [3.8, 4) is 0 Å². The molecular formula is C12H11BrN4O3. The minimum Gasteiger partial charge on any atom is -0.447 e. The summed E-state index contributed by atoms with van der Waals surface area (Å²) in [6.45, 7) is 0.587. The van der Waals surface area contributed by atoms with E-state index in [1.807, 2.05) is 0 Å². The summed E-state index contributed by atoms with van der Waals surface area (Å²) in [5.41, 5.74) is 0.680. The standard InChI is InChI=1S/C12H11BrN4O3/c1-17-3-2-7(11(17)18)20-12(19)9-8-6(13)4-14-10(8)16-5-15-9/h4-5,7H,2-3H2,1H3,(H,14,15,16). The van der Waals surface area contributed by atoms with Crippen molar-refractivity contribution < 1.29 is 14.3 Å². The highest BCUT2D eigenvalue weighted by atomic mass is 79.9. The summed E-state index contributed by atoms with van der Waals surface area (Å²) in [7, 11) is 1.68. The fourth-order valence-corrected chi connectivity index (χ4v) is 2.65. The average Bonchev–Trinajstić information content (AvgIpc) is 2.97. The van der Waals surface area contributed by atoms with E-state index in [9.17, 15) is 9.59 Å². The number of aromatic nitrogens is 3. The van der Waals surface area contributed by atoms with Gasteiger partial charge in [-0.3, -0.25) is 4.79 Å². The number of amides is 1. The highest BCUT2D eigenvalue weighted by molar-refractivity contribution is 9.10. The number of carbonyl (C=O) groups excluding carboxylic acids is 2. The first-order valence-electron chi connectivity index (χ1n) is 6.01. The van der Waals surface area contributed by atoms with E-state index in [0.29, 0.717) is 28.5 Å². The Labute approximate surface area is 122 Å². The number of H-pyrrole nitrogens is 1. The number of hydrogen-bond acceptors (Lipinski definition) is 5. The van der Waals surface area contributed by atoms with Crippen LogP contribution in [0.15, 0.2) is 17.0 Å². The highest BCUT2D eigenvalue weighted by Crippen LogP contribution is 2.25. The second-order valence-electron chi connectivity index (χ2n) is 4.52. The smallest absolute Gasteiger partial charge is 0.358 e. The van der Waals surface area contributed by atoms with Crippen LogP contribution < -0.4 is 0 Å². The van der Waals surface area contributed by atoms with Gasteiger partial charge in [0.05, 0.1) is 5.39 Å². The second kappa shape index (κ2) is 4.86. The average molecular weight is 339 g/mol. The number of ether oxygens (including phenoxy) is 1. The van der Waals surface area contributed by atoms with Crippen molar-refractivity contribution in [3.05, 3.63) is 22.7 Å². The predicted octanol–water partition coefficient (Wildman–Crippen LogP) is 1.11. The van der Waals surface area contributed by atoms with Crippen LogP contribution in [0.1, 0.15) is 16.9 Å². The van der Waals surface area contributed by atoms with Crippen LogP contribution in [0.5, 0.6) is 0 Å². The van der Waals surface area contributed by atoms with Crippen molar-refractivity contribution in [1.82, 2.24) is 19.9 Å². The van der Waals surface area contributed by atoms with Gasteiger partial charge in [0.2, 0.25) is 0 Å². The zero-order chi connectivity index (χ0) is 14.3. The first kappa shape index (κ1) is 13.0. The molecule has 1 saturated heterocycles. The Kier molecular flexibility index (Phi) is 3.17. The molecule has 1 fully saturated rings. The number of fused-ring (bicyclic) bond motifs is 1. The van der Waals surface area contributed by atoms with E-state index in [-0.39, 0.29) is 11.6 Å². The molecule has 2 aromatic rings. The van der Waals surface area contributed by atoms with Crippen LogP contribution in [-0.2, 0) is 9.53 Å². The van der Waals surface area contributed by atoms with Crippen LogP contribution in [0.3, 0.4) is 0 Å². The van der Waals surface area contributed by atoms with Gasteiger partial charge in [0.1, 0.15) is 12.0 Å². The summed E-state index contributed by atoms with van der Waals surface area (Å²) in [5, 5.41) is 0.552. The maximum atomic E-state index is 12.2. The van der Waals surface area contributed by atoms with Crippen molar-refractivity contribution in [2.45, 2.75) is 12.5 Å². The summed E-state index contributed by atoms with van der Waals surface area (Å²) < 4.78 is 5.93. The van der Waals surface area contributed by atoms with Crippen molar-refractivity contribution in [2.75, 3.05) is 13.6 Å². The monoisotopic (exact) mass is 338 g/mol. The molecule has 3 heterocycles. The molecule has 1 amide bonds. The lowest BCUT2D eigenvalue weighted by atomic mass is 10.2. The van der Waals surface area contributed by atoms with E-state index in [2.05, 4.69) is 30.9 Å². The molecule has 104 valence electrons. The first-order valence-corrected chi connectivity index (χ1v) is 6.80. The van der Waals surface area contributed by atoms with E-state index < -0.39 is 12.1 Å². The summed E-state index contributed by atoms with van der Waals surface area (Å²) >= 11 is 3.33. The molecule has 1 N–H and O–H groups in total. The molecule has 7 nitrogen and oxygen atoms in total. The summed E-state index contributed by atoms with van der Waals surface area (Å²) in [6.07, 6.45) is 2.73. The van der Waals surface area contributed by atoms with Crippen LogP contribution in [0, 0.1) is 0 Å². The number of rotatable bonds is 2. The van der Waals surface area contributed by atoms with E-state index in [1.54, 1.807) is 18.1 Å². The number of halogens is 1. The number of likely N-dealkylation sites (tertiary alicyclic amines) is 1. The van der Waals surface area contributed by atoms with Gasteiger partial charge in [0.25, 0.3) is 5.91 Å². The quantitative estimate of drug-likeness (QED) is 0.828. The largest absolute Gasteiger partial charge is 0.447 e. The number of aromatic amines is 1. The van der Waals surface area contributed by atoms with Gasteiger partial charge in [0.15, 0.2) is 11.8 Å². The van der Waals surface area contributed by atoms with E-state index >= 15 is 0 Å². The SMILES string of the molecule is CN1CCC(OC(=O)c2ncnc3[nH]cc(Br)c23)C1=O. The fourth-order valence-electron chi connectivity index (χ4n) is 2.16. The van der Waals surface area contributed by atoms with Gasteiger partial charge in [-0.2, -0.15) is 0 Å². The molecular weight excluding hydrogens is 328 g/mol. The normalized spacial score (nSPS) is 18.8. The van der Waals surface area contributed by atoms with Gasteiger partial charge in [-0.15, -0.1) is 0 Å². The van der Waals surface area contributed by atoms with Gasteiger partial charge in [-0.05, 0) is 15.9 Å². The molecule has 3 rings (SSSR count). The molecule has 2 aromatic heterocycles. The zero-order valence-electron chi connectivity index (χ0n) is 10.6. The van der Waals surface area contributed by atoms with Crippen LogP contribution in [0.25, 0.3) is 11.0 Å². The molecule has 1 aliphatic heterocycles. The number of nitrogens with zero attached hydrogens (tertiary/aromatic N) is 3. The molecule has 20 heavy (non-hydrogen) atoms. The Morgan fingerprint density at radius 3 is 3.05 bits per heavy atom. The summed E-state index contributed by atoms with van der Waals surface area (Å²) in [5.74, 6) is -0.803. The lowest BCUT2D eigenvalue weighted by Crippen LogP contribution is -2.29. The summed E-state index contributed by atoms with van der Waals surface area (Å²) in [6, 6.07) is 0. The summed E-state index contributed by atoms with van der Waals surface area (Å²) in [4.78, 5) is 36.4. The van der Waals surface area contributed by atoms with Gasteiger partial charge in [-0.25, -0.2) is 14.8 Å². The molecule has 1 atom stereocenters. The zero-order valence-corrected chi connectivity index (χ0v) is 12.2. The van der Waals surface area contributed by atoms with Crippen LogP contribution in [-0.4, -0.2) is 51.4 Å². The van der Waals surface area contributed by atoms with Gasteiger partial charge in [0, 0.05) is 30.7 Å². The van der Waals surface area contributed by atoms with Crippen LogP contribution >= 0.6 is 15.9 Å². The highest BCUT2D eigenvalue weighted by Gasteiger charge is 2.33. The number of nitrogens with one attached hydrogen (secondary N) is 1. The van der Waals surface area contributed by atoms with E-state index in [1.165, 1.54) is 6.33 Å². The maximum absolute atomic E-state index is 12.2. The lowest BCUT2D eigenvalue weighted by Gasteiger charge is -2.11. The molecule has 0 aliphatic carbocycles. The number of hydrogen-bond donors (Lipinski definition) is 1. The molecule has 0 bridgehead atoms. The second-order valence-corrected chi connectivity index (χ2v) is 5.38. The molecule has 0 saturated carbocycles. The predicted molar refractivity (Wildman–Crippen MR) is 73.0 cm³/mol. The third-order valence-electron chi connectivity index (χ3n) is 3.24. The Morgan fingerprint density at radius 2 is 2.35 bits per heavy atom. The molecule has 8 heteroatoms. The Morgan fingerprint density at radius 1 is 1.55 bits per heavy atom. The number of carbonyl (C=O) groups is 2. The van der Waals surface area contributed by atoms with Crippen LogP contribution in [0.4, 0.5) is 0 Å². The molecule has 0 spiro atoms. The Hall–Kier alpha value is -1.96. The fraction of sp³-hybridized carbons (Fsp3) is 0.333. The Bertz CT molecular complexity index is 699. The van der Waals surface area contributed by atoms with Gasteiger partial charge in [-0.1, -0.05) is 0 Å². The number of esters is 1. The van der Waals surface area contributed by atoms with Crippen LogP contribution in [0.2, 0.25) is 0 Å². The number of likely N-dealkylation sites (N-methyl/N-ethyl adjacent to an activating group) is 1. The molecule has 0 aromatic carbocycles. The van der Waals surface area contributed by atoms with Gasteiger partial charge >= 0.3 is 5.97 Å². The Balaban J connectivity index is 1.90. The van der Waals surface area contributed by atoms with Crippen molar-refractivity contribution >= 4 is 38.8 Å². The van der Waals surface area contributed by atoms with E-state index in [0.717, 1.165) is 0 Å². The topological polar surface area (TPSA) is 88.2 Å². The first-order chi connectivity index (χ1) is 9.58. The van der Waals surface area contributed by atoms with Crippen molar-refractivity contribution in [1.29, 1.82) is 0 Å². The van der Waals surface area contributed by atoms with Gasteiger partial charge < -0.3 is 14.6 Å². The molecule has 1 aliphatic rings. The minimum absolute atomic E-state index is 0.144. The maximum Gasteiger partial charge on any atom is 0.358 e. The van der Waals surface area contributed by atoms with Crippen molar-refractivity contribution in [3.63, 3.8) is 0 Å². The minimum atomic E-state index is -0.727. The van der Waals surface area contributed by atoms with Crippen molar-refractivity contribution in [2.24, 2.45) is 0 Å². The lowest BCUT2D eigenvalue weighted by molar-refractivity contribution is -0.133. The van der Waals surface area contributed by atoms with E-state index in [4.69, 9.17) is 4.74 Å². The molecule has 0 radical (unpaired) electrons. The third-order valence-corrected chi connectivity index (χ3v) is 3.87. The molecule has 1 unspecified atom stereocenters.